The van der Waals surface area contributed by atoms with Gasteiger partial charge in [-0.3, -0.25) is 0 Å². The Labute approximate surface area is 94.1 Å². The van der Waals surface area contributed by atoms with Gasteiger partial charge in [-0.25, -0.2) is 0 Å². The van der Waals surface area contributed by atoms with Gasteiger partial charge < -0.3 is 14.9 Å². The highest BCUT2D eigenvalue weighted by atomic mass is 16.3. The van der Waals surface area contributed by atoms with Crippen LogP contribution in [0.15, 0.2) is 0 Å². The van der Waals surface area contributed by atoms with E-state index >= 15 is 0 Å². The van der Waals surface area contributed by atoms with E-state index in [1.165, 1.54) is 25.9 Å². The maximum absolute atomic E-state index is 9.72. The Morgan fingerprint density at radius 3 is 2.67 bits per heavy atom. The van der Waals surface area contributed by atoms with Crippen LogP contribution in [0.25, 0.3) is 0 Å². The quantitative estimate of drug-likeness (QED) is 0.757. The largest absolute Gasteiger partial charge is 0.389 e. The number of likely N-dealkylation sites (tertiary alicyclic amines) is 1. The monoisotopic (exact) mass is 214 g/mol. The molecule has 0 spiro atoms. The van der Waals surface area contributed by atoms with Crippen LogP contribution < -0.4 is 0 Å². The zero-order valence-electron chi connectivity index (χ0n) is 10.7. The summed E-state index contributed by atoms with van der Waals surface area (Å²) in [6, 6.07) is 0. The van der Waals surface area contributed by atoms with Gasteiger partial charge in [0.15, 0.2) is 0 Å². The number of rotatable bonds is 4. The summed E-state index contributed by atoms with van der Waals surface area (Å²) in [5.41, 5.74) is -0.574. The lowest BCUT2D eigenvalue weighted by molar-refractivity contribution is 0.0358. The molecule has 90 valence electrons. The Hall–Kier alpha value is -0.120. The Morgan fingerprint density at radius 2 is 2.13 bits per heavy atom. The van der Waals surface area contributed by atoms with Crippen LogP contribution >= 0.6 is 0 Å². The molecule has 1 unspecified atom stereocenters. The molecule has 0 aromatic carbocycles. The fourth-order valence-electron chi connectivity index (χ4n) is 2.59. The van der Waals surface area contributed by atoms with Gasteiger partial charge in [0, 0.05) is 19.6 Å². The number of likely N-dealkylation sites (N-methyl/N-ethyl adjacent to an activating group) is 1. The minimum Gasteiger partial charge on any atom is -0.389 e. The molecule has 0 saturated carbocycles. The molecule has 3 heteroatoms. The highest BCUT2D eigenvalue weighted by Crippen LogP contribution is 2.16. The Balaban J connectivity index is 2.28. The molecule has 1 aliphatic rings. The Bertz CT molecular complexity index is 189. The van der Waals surface area contributed by atoms with Gasteiger partial charge >= 0.3 is 0 Å². The van der Waals surface area contributed by atoms with Gasteiger partial charge in [-0.05, 0) is 53.2 Å². The third-order valence-corrected chi connectivity index (χ3v) is 2.95. The SMILES string of the molecule is CN1CCCC(CN(C)CC(C)(C)O)C1. The smallest absolute Gasteiger partial charge is 0.0718 e. The van der Waals surface area contributed by atoms with E-state index in [2.05, 4.69) is 23.9 Å². The summed E-state index contributed by atoms with van der Waals surface area (Å²) in [5, 5.41) is 9.72. The third-order valence-electron chi connectivity index (χ3n) is 2.95. The van der Waals surface area contributed by atoms with E-state index in [1.54, 1.807) is 0 Å². The van der Waals surface area contributed by atoms with Crippen molar-refractivity contribution in [2.24, 2.45) is 5.92 Å². The first-order valence-electron chi connectivity index (χ1n) is 5.96. The third kappa shape index (κ3) is 5.50. The minimum absolute atomic E-state index is 0.574. The lowest BCUT2D eigenvalue weighted by atomic mass is 9.97. The molecular weight excluding hydrogens is 188 g/mol. The zero-order chi connectivity index (χ0) is 11.5. The highest BCUT2D eigenvalue weighted by Gasteiger charge is 2.21. The first kappa shape index (κ1) is 12.9. The molecule has 3 nitrogen and oxygen atoms in total. The average molecular weight is 214 g/mol. The van der Waals surface area contributed by atoms with Crippen molar-refractivity contribution in [1.29, 1.82) is 0 Å². The summed E-state index contributed by atoms with van der Waals surface area (Å²) in [5.74, 6) is 0.774. The van der Waals surface area contributed by atoms with Crippen molar-refractivity contribution in [2.75, 3.05) is 40.3 Å². The van der Waals surface area contributed by atoms with Gasteiger partial charge in [-0.2, -0.15) is 0 Å². The lowest BCUT2D eigenvalue weighted by Crippen LogP contribution is -2.42. The van der Waals surface area contributed by atoms with E-state index in [0.29, 0.717) is 0 Å². The van der Waals surface area contributed by atoms with Crippen LogP contribution in [-0.2, 0) is 0 Å². The summed E-state index contributed by atoms with van der Waals surface area (Å²) in [6.07, 6.45) is 2.65. The molecule has 1 rings (SSSR count). The molecule has 0 bridgehead atoms. The van der Waals surface area contributed by atoms with Crippen LogP contribution in [0.1, 0.15) is 26.7 Å². The van der Waals surface area contributed by atoms with Crippen molar-refractivity contribution in [3.05, 3.63) is 0 Å². The topological polar surface area (TPSA) is 26.7 Å². The van der Waals surface area contributed by atoms with Crippen LogP contribution in [0.4, 0.5) is 0 Å². The van der Waals surface area contributed by atoms with Gasteiger partial charge in [-0.1, -0.05) is 0 Å². The second-order valence-corrected chi connectivity index (χ2v) is 5.78. The summed E-state index contributed by atoms with van der Waals surface area (Å²) in [4.78, 5) is 4.66. The molecule has 0 aliphatic carbocycles. The Kier molecular flexibility index (Phi) is 4.56. The van der Waals surface area contributed by atoms with Crippen molar-refractivity contribution in [3.8, 4) is 0 Å². The molecule has 1 fully saturated rings. The molecule has 1 atom stereocenters. The number of nitrogens with zero attached hydrogens (tertiary/aromatic N) is 2. The van der Waals surface area contributed by atoms with Crippen molar-refractivity contribution in [3.63, 3.8) is 0 Å². The maximum Gasteiger partial charge on any atom is 0.0718 e. The number of hydrogen-bond donors (Lipinski definition) is 1. The molecule has 1 N–H and O–H groups in total. The predicted molar refractivity (Wildman–Crippen MR) is 64.0 cm³/mol. The van der Waals surface area contributed by atoms with Crippen molar-refractivity contribution in [1.82, 2.24) is 9.80 Å². The summed E-state index contributed by atoms with van der Waals surface area (Å²) < 4.78 is 0. The highest BCUT2D eigenvalue weighted by molar-refractivity contribution is 4.76. The van der Waals surface area contributed by atoms with Gasteiger partial charge in [0.1, 0.15) is 0 Å². The molecule has 15 heavy (non-hydrogen) atoms. The van der Waals surface area contributed by atoms with Crippen molar-refractivity contribution < 1.29 is 5.11 Å². The van der Waals surface area contributed by atoms with E-state index in [-0.39, 0.29) is 0 Å². The van der Waals surface area contributed by atoms with E-state index < -0.39 is 5.60 Å². The van der Waals surface area contributed by atoms with E-state index in [9.17, 15) is 5.11 Å². The second kappa shape index (κ2) is 5.28. The summed E-state index contributed by atoms with van der Waals surface area (Å²) in [7, 11) is 4.30. The van der Waals surface area contributed by atoms with Crippen LogP contribution in [-0.4, -0.2) is 60.8 Å². The fourth-order valence-corrected chi connectivity index (χ4v) is 2.59. The molecule has 0 aromatic heterocycles. The standard InChI is InChI=1S/C12H26N2O/c1-12(2,15)10-14(4)9-11-6-5-7-13(3)8-11/h11,15H,5-10H2,1-4H3. The van der Waals surface area contributed by atoms with E-state index in [0.717, 1.165) is 19.0 Å². The normalized spacial score (nSPS) is 24.8. The zero-order valence-corrected chi connectivity index (χ0v) is 10.7. The van der Waals surface area contributed by atoms with Crippen LogP contribution in [0.5, 0.6) is 0 Å². The Morgan fingerprint density at radius 1 is 1.47 bits per heavy atom. The van der Waals surface area contributed by atoms with Gasteiger partial charge in [0.05, 0.1) is 5.60 Å². The number of hydrogen-bond acceptors (Lipinski definition) is 3. The molecule has 1 heterocycles. The minimum atomic E-state index is -0.574. The molecule has 1 aliphatic heterocycles. The number of piperidine rings is 1. The van der Waals surface area contributed by atoms with Crippen molar-refractivity contribution >= 4 is 0 Å². The van der Waals surface area contributed by atoms with Crippen LogP contribution in [0.2, 0.25) is 0 Å². The molecule has 0 amide bonds. The average Bonchev–Trinajstić information content (AvgIpc) is 1.99. The van der Waals surface area contributed by atoms with E-state index in [1.807, 2.05) is 13.8 Å². The van der Waals surface area contributed by atoms with Gasteiger partial charge in [-0.15, -0.1) is 0 Å². The maximum atomic E-state index is 9.72. The molecule has 1 saturated heterocycles. The van der Waals surface area contributed by atoms with Gasteiger partial charge in [0.2, 0.25) is 0 Å². The van der Waals surface area contributed by atoms with E-state index in [4.69, 9.17) is 0 Å². The summed E-state index contributed by atoms with van der Waals surface area (Å²) >= 11 is 0. The first-order valence-corrected chi connectivity index (χ1v) is 5.96. The fraction of sp³-hybridized carbons (Fsp3) is 1.00. The lowest BCUT2D eigenvalue weighted by Gasteiger charge is -2.34. The number of aliphatic hydroxyl groups is 1. The predicted octanol–water partition coefficient (Wildman–Crippen LogP) is 1.03. The first-order chi connectivity index (χ1) is 6.87. The molecule has 0 aromatic rings. The van der Waals surface area contributed by atoms with Crippen molar-refractivity contribution in [2.45, 2.75) is 32.3 Å². The van der Waals surface area contributed by atoms with Crippen LogP contribution in [0.3, 0.4) is 0 Å². The summed E-state index contributed by atoms with van der Waals surface area (Å²) in [6.45, 7) is 8.05. The van der Waals surface area contributed by atoms with Gasteiger partial charge in [0.25, 0.3) is 0 Å². The molecule has 0 radical (unpaired) electrons. The van der Waals surface area contributed by atoms with Crippen LogP contribution in [0, 0.1) is 5.92 Å². The molecular formula is C12H26N2O. The second-order valence-electron chi connectivity index (χ2n) is 5.78.